The summed E-state index contributed by atoms with van der Waals surface area (Å²) in [7, 11) is -1.65. The minimum absolute atomic E-state index is 0.0469. The molecule has 9 heteroatoms. The maximum absolute atomic E-state index is 14.3. The monoisotopic (exact) mass is 462 g/mol. The number of halogens is 1. The standard InChI is InChI=1S/C23H27FN2O5S/c1-16-8-9-21(20(24)12-16)26-15-17(13-22(26)27)23(28)25(2)10-5-11-31-18-6-4-7-19(14-18)32(3,29)30/h4,6-9,12,14,17H,5,10-11,13,15H2,1-3H3. The third-order valence-corrected chi connectivity index (χ3v) is 6.49. The van der Waals surface area contributed by atoms with Crippen molar-refractivity contribution in [2.24, 2.45) is 5.92 Å². The number of hydrogen-bond donors (Lipinski definition) is 0. The number of ether oxygens (including phenoxy) is 1. The summed E-state index contributed by atoms with van der Waals surface area (Å²) in [5.41, 5.74) is 0.957. The molecule has 0 aromatic heterocycles. The maximum Gasteiger partial charge on any atom is 0.227 e. The van der Waals surface area contributed by atoms with Gasteiger partial charge in [-0.1, -0.05) is 12.1 Å². The van der Waals surface area contributed by atoms with Crippen LogP contribution in [0.4, 0.5) is 10.1 Å². The fraction of sp³-hybridized carbons (Fsp3) is 0.391. The van der Waals surface area contributed by atoms with Crippen LogP contribution in [-0.2, 0) is 19.4 Å². The van der Waals surface area contributed by atoms with Crippen molar-refractivity contribution >= 4 is 27.3 Å². The van der Waals surface area contributed by atoms with Crippen LogP contribution >= 0.6 is 0 Å². The number of hydrogen-bond acceptors (Lipinski definition) is 5. The summed E-state index contributed by atoms with van der Waals surface area (Å²) in [6.07, 6.45) is 1.71. The lowest BCUT2D eigenvalue weighted by molar-refractivity contribution is -0.134. The molecular weight excluding hydrogens is 435 g/mol. The van der Waals surface area contributed by atoms with Crippen molar-refractivity contribution in [2.75, 3.05) is 37.9 Å². The van der Waals surface area contributed by atoms with Gasteiger partial charge in [0.25, 0.3) is 0 Å². The summed E-state index contributed by atoms with van der Waals surface area (Å²) in [5.74, 6) is -1.00. The highest BCUT2D eigenvalue weighted by atomic mass is 32.2. The number of rotatable bonds is 8. The van der Waals surface area contributed by atoms with Crippen LogP contribution in [0, 0.1) is 18.7 Å². The van der Waals surface area contributed by atoms with Crippen molar-refractivity contribution in [1.82, 2.24) is 4.90 Å². The lowest BCUT2D eigenvalue weighted by Gasteiger charge is -2.22. The molecule has 2 aromatic carbocycles. The van der Waals surface area contributed by atoms with Gasteiger partial charge in [0.2, 0.25) is 11.8 Å². The molecule has 7 nitrogen and oxygen atoms in total. The number of aryl methyl sites for hydroxylation is 1. The highest BCUT2D eigenvalue weighted by Gasteiger charge is 2.37. The largest absolute Gasteiger partial charge is 0.493 e. The minimum Gasteiger partial charge on any atom is -0.493 e. The van der Waals surface area contributed by atoms with Crippen molar-refractivity contribution in [1.29, 1.82) is 0 Å². The van der Waals surface area contributed by atoms with Gasteiger partial charge in [-0.15, -0.1) is 0 Å². The van der Waals surface area contributed by atoms with Crippen molar-refractivity contribution in [3.05, 3.63) is 53.8 Å². The summed E-state index contributed by atoms with van der Waals surface area (Å²) < 4.78 is 43.1. The zero-order valence-corrected chi connectivity index (χ0v) is 19.2. The first-order valence-electron chi connectivity index (χ1n) is 10.3. The van der Waals surface area contributed by atoms with Crippen LogP contribution < -0.4 is 9.64 Å². The maximum atomic E-state index is 14.3. The van der Waals surface area contributed by atoms with Gasteiger partial charge in [0.05, 0.1) is 23.1 Å². The molecule has 0 spiro atoms. The quantitative estimate of drug-likeness (QED) is 0.564. The van der Waals surface area contributed by atoms with Gasteiger partial charge in [0.1, 0.15) is 11.6 Å². The van der Waals surface area contributed by atoms with Crippen molar-refractivity contribution in [3.8, 4) is 5.75 Å². The number of sulfone groups is 1. The summed E-state index contributed by atoms with van der Waals surface area (Å²) in [6.45, 7) is 2.63. The summed E-state index contributed by atoms with van der Waals surface area (Å²) in [5, 5.41) is 0. The second kappa shape index (κ2) is 9.68. The van der Waals surface area contributed by atoms with Crippen LogP contribution in [0.15, 0.2) is 47.4 Å². The lowest BCUT2D eigenvalue weighted by atomic mass is 10.1. The van der Waals surface area contributed by atoms with Crippen LogP contribution in [0.1, 0.15) is 18.4 Å². The second-order valence-electron chi connectivity index (χ2n) is 8.07. The predicted octanol–water partition coefficient (Wildman–Crippen LogP) is 2.82. The van der Waals surface area contributed by atoms with Crippen LogP contribution in [0.3, 0.4) is 0 Å². The summed E-state index contributed by atoms with van der Waals surface area (Å²) in [4.78, 5) is 28.2. The Morgan fingerprint density at radius 3 is 2.69 bits per heavy atom. The molecule has 2 amide bonds. The average Bonchev–Trinajstić information content (AvgIpc) is 3.11. The SMILES string of the molecule is Cc1ccc(N2CC(C(=O)N(C)CCCOc3cccc(S(C)(=O)=O)c3)CC2=O)c(F)c1. The molecule has 0 saturated carbocycles. The molecule has 1 unspecified atom stereocenters. The van der Waals surface area contributed by atoms with E-state index < -0.39 is 21.6 Å². The van der Waals surface area contributed by atoms with Gasteiger partial charge < -0.3 is 14.5 Å². The van der Waals surface area contributed by atoms with Gasteiger partial charge in [0, 0.05) is 32.8 Å². The first-order valence-corrected chi connectivity index (χ1v) is 12.2. The zero-order chi connectivity index (χ0) is 23.5. The number of carbonyl (C=O) groups is 2. The van der Waals surface area contributed by atoms with Crippen LogP contribution in [-0.4, -0.2) is 58.1 Å². The normalized spacial score (nSPS) is 16.3. The van der Waals surface area contributed by atoms with Crippen LogP contribution in [0.25, 0.3) is 0 Å². The Labute approximate surface area is 187 Å². The third-order valence-electron chi connectivity index (χ3n) is 5.38. The number of benzene rings is 2. The predicted molar refractivity (Wildman–Crippen MR) is 119 cm³/mol. The van der Waals surface area contributed by atoms with Crippen molar-refractivity contribution in [3.63, 3.8) is 0 Å². The first kappa shape index (κ1) is 23.7. The smallest absolute Gasteiger partial charge is 0.227 e. The summed E-state index contributed by atoms with van der Waals surface area (Å²) >= 11 is 0. The van der Waals surface area contributed by atoms with E-state index in [1.165, 1.54) is 23.1 Å². The number of amides is 2. The van der Waals surface area contributed by atoms with E-state index in [0.717, 1.165) is 11.8 Å². The van der Waals surface area contributed by atoms with E-state index >= 15 is 0 Å². The lowest BCUT2D eigenvalue weighted by Crippen LogP contribution is -2.35. The van der Waals surface area contributed by atoms with Gasteiger partial charge in [-0.25, -0.2) is 12.8 Å². The average molecular weight is 463 g/mol. The van der Waals surface area contributed by atoms with Gasteiger partial charge in [-0.3, -0.25) is 9.59 Å². The topological polar surface area (TPSA) is 84.0 Å². The number of carbonyl (C=O) groups excluding carboxylic acids is 2. The number of nitrogens with zero attached hydrogens (tertiary/aromatic N) is 2. The highest BCUT2D eigenvalue weighted by Crippen LogP contribution is 2.29. The third kappa shape index (κ3) is 5.64. The van der Waals surface area contributed by atoms with E-state index in [0.29, 0.717) is 25.3 Å². The molecule has 2 aromatic rings. The van der Waals surface area contributed by atoms with Crippen molar-refractivity contribution in [2.45, 2.75) is 24.7 Å². The van der Waals surface area contributed by atoms with E-state index in [1.54, 1.807) is 43.1 Å². The molecule has 1 aliphatic heterocycles. The molecule has 172 valence electrons. The van der Waals surface area contributed by atoms with E-state index in [4.69, 9.17) is 4.74 Å². The second-order valence-corrected chi connectivity index (χ2v) is 10.1. The molecule has 0 bridgehead atoms. The Bertz CT molecular complexity index is 1120. The molecule has 32 heavy (non-hydrogen) atoms. The Morgan fingerprint density at radius 1 is 1.25 bits per heavy atom. The zero-order valence-electron chi connectivity index (χ0n) is 18.4. The van der Waals surface area contributed by atoms with Gasteiger partial charge >= 0.3 is 0 Å². The van der Waals surface area contributed by atoms with Crippen molar-refractivity contribution < 1.29 is 27.1 Å². The van der Waals surface area contributed by atoms with Gasteiger partial charge in [0.15, 0.2) is 9.84 Å². The Kier molecular flexibility index (Phi) is 7.18. The molecule has 0 aliphatic carbocycles. The Hall–Kier alpha value is -2.94. The first-order chi connectivity index (χ1) is 15.1. The molecule has 1 atom stereocenters. The van der Waals surface area contributed by atoms with E-state index in [9.17, 15) is 22.4 Å². The fourth-order valence-corrected chi connectivity index (χ4v) is 4.30. The van der Waals surface area contributed by atoms with Gasteiger partial charge in [-0.05, 0) is 49.2 Å². The van der Waals surface area contributed by atoms with E-state index in [2.05, 4.69) is 0 Å². The Morgan fingerprint density at radius 2 is 2.00 bits per heavy atom. The molecule has 0 radical (unpaired) electrons. The summed E-state index contributed by atoms with van der Waals surface area (Å²) in [6, 6.07) is 10.9. The molecular formula is C23H27FN2O5S. The number of anilines is 1. The van der Waals surface area contributed by atoms with E-state index in [-0.39, 0.29) is 35.4 Å². The highest BCUT2D eigenvalue weighted by molar-refractivity contribution is 7.90. The Balaban J connectivity index is 1.50. The van der Waals surface area contributed by atoms with Crippen LogP contribution in [0.2, 0.25) is 0 Å². The fourth-order valence-electron chi connectivity index (χ4n) is 3.64. The molecule has 3 rings (SSSR count). The minimum atomic E-state index is -3.31. The molecule has 1 aliphatic rings. The molecule has 1 heterocycles. The van der Waals surface area contributed by atoms with Gasteiger partial charge in [-0.2, -0.15) is 0 Å². The van der Waals surface area contributed by atoms with E-state index in [1.807, 2.05) is 0 Å². The van der Waals surface area contributed by atoms with Crippen LogP contribution in [0.5, 0.6) is 5.75 Å². The molecule has 0 N–H and O–H groups in total. The molecule has 1 fully saturated rings. The molecule has 1 saturated heterocycles.